The number of aryl methyl sites for hydroxylation is 2. The number of hydrogen-bond acceptors (Lipinski definition) is 7. The molecule has 0 aliphatic carbocycles. The first-order valence-corrected chi connectivity index (χ1v) is 14.5. The van der Waals surface area contributed by atoms with E-state index in [2.05, 4.69) is 36.2 Å². The first-order valence-electron chi connectivity index (χ1n) is 14.1. The number of benzene rings is 2. The van der Waals surface area contributed by atoms with Gasteiger partial charge in [0.25, 0.3) is 0 Å². The quantitative estimate of drug-likeness (QED) is 0.210. The molecule has 0 spiro atoms. The average molecular weight is 601 g/mol. The van der Waals surface area contributed by atoms with Crippen molar-refractivity contribution < 1.29 is 14.0 Å². The summed E-state index contributed by atoms with van der Waals surface area (Å²) in [6.07, 6.45) is 8.22. The molecular formula is C31H30ClFN8O2. The summed E-state index contributed by atoms with van der Waals surface area (Å²) in [6, 6.07) is 13.3. The third kappa shape index (κ3) is 7.18. The smallest absolute Gasteiger partial charge is 0.321 e. The summed E-state index contributed by atoms with van der Waals surface area (Å²) in [7, 11) is 0. The van der Waals surface area contributed by atoms with Crippen molar-refractivity contribution in [1.82, 2.24) is 19.9 Å². The van der Waals surface area contributed by atoms with Gasteiger partial charge in [0.2, 0.25) is 11.9 Å². The first kappa shape index (κ1) is 28.4. The van der Waals surface area contributed by atoms with E-state index >= 15 is 0 Å². The van der Waals surface area contributed by atoms with Crippen molar-refractivity contribution >= 4 is 58.1 Å². The standard InChI is InChI=1S/C31H30ClFN8O2/c32-26-18-35-30-37-25-12-20(16-34-17-25)4-5-21-14-24(36-29(26)40-30)6-7-27(21)39-28(42)13-19-8-10-41(11-9-19)31(43)38-23-3-1-2-22(33)15-23/h1-3,6-7,12,14-19H,4-5,8-11,13H2,(H,38,43)(H,39,42)(H2,35,36,37,40). The fourth-order valence-corrected chi connectivity index (χ4v) is 5.46. The van der Waals surface area contributed by atoms with E-state index in [1.807, 2.05) is 30.5 Å². The van der Waals surface area contributed by atoms with Crippen LogP contribution in [-0.4, -0.2) is 44.9 Å². The van der Waals surface area contributed by atoms with Crippen LogP contribution in [0.15, 0.2) is 67.1 Å². The Balaban J connectivity index is 1.10. The zero-order valence-electron chi connectivity index (χ0n) is 23.2. The number of carbonyl (C=O) groups excluding carboxylic acids is 2. The summed E-state index contributed by atoms with van der Waals surface area (Å²) in [5.74, 6) is 0.533. The van der Waals surface area contributed by atoms with Gasteiger partial charge in [0, 0.05) is 42.8 Å². The number of likely N-dealkylation sites (tertiary alicyclic amines) is 1. The molecule has 4 heterocycles. The van der Waals surface area contributed by atoms with Crippen LogP contribution in [0.5, 0.6) is 0 Å². The molecule has 0 unspecified atom stereocenters. The summed E-state index contributed by atoms with van der Waals surface area (Å²) < 4.78 is 13.5. The maximum Gasteiger partial charge on any atom is 0.321 e. The zero-order valence-corrected chi connectivity index (χ0v) is 24.0. The second kappa shape index (κ2) is 12.6. The van der Waals surface area contributed by atoms with Gasteiger partial charge in [-0.2, -0.15) is 4.98 Å². The predicted molar refractivity (Wildman–Crippen MR) is 165 cm³/mol. The van der Waals surface area contributed by atoms with Gasteiger partial charge in [0.1, 0.15) is 10.8 Å². The predicted octanol–water partition coefficient (Wildman–Crippen LogP) is 6.52. The average Bonchev–Trinajstić information content (AvgIpc) is 2.99. The lowest BCUT2D eigenvalue weighted by atomic mass is 9.93. The summed E-state index contributed by atoms with van der Waals surface area (Å²) in [4.78, 5) is 40.6. The number of hydrogen-bond donors (Lipinski definition) is 4. The lowest BCUT2D eigenvalue weighted by Gasteiger charge is -2.31. The molecule has 2 aromatic carbocycles. The van der Waals surface area contributed by atoms with Gasteiger partial charge in [0.15, 0.2) is 5.82 Å². The molecule has 1 saturated heterocycles. The lowest BCUT2D eigenvalue weighted by molar-refractivity contribution is -0.117. The molecule has 1 fully saturated rings. The molecule has 43 heavy (non-hydrogen) atoms. The molecule has 6 rings (SSSR count). The van der Waals surface area contributed by atoms with E-state index in [-0.39, 0.29) is 17.9 Å². The Morgan fingerprint density at radius 3 is 2.67 bits per heavy atom. The number of pyridine rings is 1. The number of piperidine rings is 1. The Labute approximate surface area is 253 Å². The highest BCUT2D eigenvalue weighted by molar-refractivity contribution is 6.32. The molecule has 10 nitrogen and oxygen atoms in total. The number of anilines is 6. The fourth-order valence-electron chi connectivity index (χ4n) is 5.33. The van der Waals surface area contributed by atoms with Crippen molar-refractivity contribution in [3.8, 4) is 0 Å². The third-order valence-corrected chi connectivity index (χ3v) is 7.85. The molecule has 2 aromatic heterocycles. The van der Waals surface area contributed by atoms with Gasteiger partial charge in [0.05, 0.1) is 18.1 Å². The Morgan fingerprint density at radius 2 is 1.84 bits per heavy atom. The highest BCUT2D eigenvalue weighted by Gasteiger charge is 2.25. The van der Waals surface area contributed by atoms with E-state index < -0.39 is 5.82 Å². The Kier molecular flexibility index (Phi) is 8.32. The van der Waals surface area contributed by atoms with Crippen molar-refractivity contribution in [2.24, 2.45) is 5.92 Å². The van der Waals surface area contributed by atoms with Crippen LogP contribution in [0.4, 0.5) is 43.7 Å². The van der Waals surface area contributed by atoms with Crippen molar-refractivity contribution in [1.29, 1.82) is 0 Å². The molecule has 0 saturated carbocycles. The van der Waals surface area contributed by atoms with Crippen LogP contribution in [0.25, 0.3) is 0 Å². The topological polar surface area (TPSA) is 124 Å². The van der Waals surface area contributed by atoms with E-state index in [1.54, 1.807) is 23.2 Å². The molecule has 12 heteroatoms. The SMILES string of the molecule is O=C(CC1CCN(C(=O)Nc2cccc(F)c2)CC1)Nc1ccc2cc1CCc1cncc(c1)Nc1ncc(Cl)c(n1)N2. The van der Waals surface area contributed by atoms with E-state index in [9.17, 15) is 14.0 Å². The summed E-state index contributed by atoms with van der Waals surface area (Å²) in [5.41, 5.74) is 4.71. The molecule has 2 aliphatic heterocycles. The van der Waals surface area contributed by atoms with Gasteiger partial charge in [-0.3, -0.25) is 9.78 Å². The van der Waals surface area contributed by atoms with Crippen LogP contribution >= 0.6 is 11.6 Å². The third-order valence-electron chi connectivity index (χ3n) is 7.57. The lowest BCUT2D eigenvalue weighted by Crippen LogP contribution is -2.41. The number of aromatic nitrogens is 3. The summed E-state index contributed by atoms with van der Waals surface area (Å²) in [6.45, 7) is 1.06. The molecule has 6 bridgehead atoms. The van der Waals surface area contributed by atoms with Crippen molar-refractivity contribution in [2.75, 3.05) is 34.4 Å². The van der Waals surface area contributed by atoms with Crippen LogP contribution in [0.2, 0.25) is 5.02 Å². The van der Waals surface area contributed by atoms with Gasteiger partial charge in [-0.25, -0.2) is 14.2 Å². The fraction of sp³-hybridized carbons (Fsp3) is 0.258. The first-order chi connectivity index (χ1) is 20.9. The highest BCUT2D eigenvalue weighted by Crippen LogP contribution is 2.30. The molecule has 220 valence electrons. The largest absolute Gasteiger partial charge is 0.339 e. The number of nitrogens with zero attached hydrogens (tertiary/aromatic N) is 4. The zero-order chi connectivity index (χ0) is 29.8. The molecular weight excluding hydrogens is 571 g/mol. The van der Waals surface area contributed by atoms with Crippen LogP contribution in [0.3, 0.4) is 0 Å². The molecule has 0 atom stereocenters. The number of halogens is 2. The van der Waals surface area contributed by atoms with Crippen molar-refractivity contribution in [3.05, 3.63) is 89.1 Å². The second-order valence-corrected chi connectivity index (χ2v) is 11.1. The number of carbonyl (C=O) groups is 2. The number of urea groups is 1. The Hall–Kier alpha value is -4.77. The number of nitrogens with one attached hydrogen (secondary N) is 4. The maximum atomic E-state index is 13.5. The van der Waals surface area contributed by atoms with Crippen LogP contribution in [0, 0.1) is 11.7 Å². The number of fused-ring (bicyclic) bond motifs is 6. The van der Waals surface area contributed by atoms with Crippen LogP contribution in [0.1, 0.15) is 30.4 Å². The molecule has 4 aromatic rings. The molecule has 4 N–H and O–H groups in total. The van der Waals surface area contributed by atoms with Gasteiger partial charge in [-0.1, -0.05) is 17.7 Å². The van der Waals surface area contributed by atoms with Crippen molar-refractivity contribution in [3.63, 3.8) is 0 Å². The number of amides is 3. The minimum Gasteiger partial charge on any atom is -0.339 e. The van der Waals surface area contributed by atoms with Crippen LogP contribution < -0.4 is 21.3 Å². The monoisotopic (exact) mass is 600 g/mol. The molecule has 2 aliphatic rings. The molecule has 3 amide bonds. The minimum atomic E-state index is -0.404. The van der Waals surface area contributed by atoms with E-state index in [1.165, 1.54) is 18.3 Å². The van der Waals surface area contributed by atoms with Crippen molar-refractivity contribution in [2.45, 2.75) is 32.1 Å². The summed E-state index contributed by atoms with van der Waals surface area (Å²) >= 11 is 6.37. The summed E-state index contributed by atoms with van der Waals surface area (Å²) in [5, 5.41) is 12.7. The van der Waals surface area contributed by atoms with Crippen LogP contribution in [-0.2, 0) is 17.6 Å². The minimum absolute atomic E-state index is 0.0705. The van der Waals surface area contributed by atoms with Gasteiger partial charge >= 0.3 is 6.03 Å². The Bertz CT molecular complexity index is 1660. The number of rotatable bonds is 4. The highest BCUT2D eigenvalue weighted by atomic mass is 35.5. The van der Waals surface area contributed by atoms with E-state index in [0.29, 0.717) is 67.7 Å². The second-order valence-electron chi connectivity index (χ2n) is 10.7. The maximum absolute atomic E-state index is 13.5. The Morgan fingerprint density at radius 1 is 0.977 bits per heavy atom. The van der Waals surface area contributed by atoms with Gasteiger partial charge in [-0.15, -0.1) is 0 Å². The van der Waals surface area contributed by atoms with Gasteiger partial charge < -0.3 is 26.2 Å². The molecule has 0 radical (unpaired) electrons. The normalized spacial score (nSPS) is 14.7. The van der Waals surface area contributed by atoms with Gasteiger partial charge in [-0.05, 0) is 85.2 Å². The van der Waals surface area contributed by atoms with E-state index in [0.717, 1.165) is 28.2 Å². The van der Waals surface area contributed by atoms with E-state index in [4.69, 9.17) is 11.6 Å².